The summed E-state index contributed by atoms with van der Waals surface area (Å²) in [6, 6.07) is 8.41. The van der Waals surface area contributed by atoms with Crippen molar-refractivity contribution in [3.05, 3.63) is 34.9 Å². The van der Waals surface area contributed by atoms with Gasteiger partial charge in [-0.2, -0.15) is 0 Å². The van der Waals surface area contributed by atoms with Crippen molar-refractivity contribution in [3.63, 3.8) is 0 Å². The molecule has 2 aliphatic rings. The summed E-state index contributed by atoms with van der Waals surface area (Å²) in [6.45, 7) is 2.32. The van der Waals surface area contributed by atoms with Gasteiger partial charge in [0.1, 0.15) is 0 Å². The maximum Gasteiger partial charge on any atom is 0.0294 e. The second-order valence-electron chi connectivity index (χ2n) is 6.10. The van der Waals surface area contributed by atoms with Crippen LogP contribution in [0.2, 0.25) is 0 Å². The first-order chi connectivity index (χ1) is 8.83. The Balaban J connectivity index is 1.66. The fourth-order valence-corrected chi connectivity index (χ4v) is 3.58. The number of fused-ring (bicyclic) bond motifs is 1. The van der Waals surface area contributed by atoms with Gasteiger partial charge in [0.15, 0.2) is 0 Å². The zero-order chi connectivity index (χ0) is 12.4. The fraction of sp³-hybridized carbons (Fsp3) is 0.647. The van der Waals surface area contributed by atoms with Crippen LogP contribution in [0.4, 0.5) is 0 Å². The van der Waals surface area contributed by atoms with Crippen LogP contribution in [0.3, 0.4) is 0 Å². The van der Waals surface area contributed by atoms with Gasteiger partial charge >= 0.3 is 0 Å². The number of aryl methyl sites for hydroxylation is 2. The molecule has 1 aromatic carbocycles. The van der Waals surface area contributed by atoms with Crippen molar-refractivity contribution in [2.45, 2.75) is 70.4 Å². The summed E-state index contributed by atoms with van der Waals surface area (Å²) < 4.78 is 0. The Bertz CT molecular complexity index is 404. The van der Waals surface area contributed by atoms with Crippen LogP contribution in [-0.2, 0) is 12.8 Å². The molecular weight excluding hydrogens is 218 g/mol. The van der Waals surface area contributed by atoms with Gasteiger partial charge in [0.2, 0.25) is 0 Å². The highest BCUT2D eigenvalue weighted by atomic mass is 14.9. The molecule has 2 aliphatic carbocycles. The van der Waals surface area contributed by atoms with Crippen LogP contribution in [0.1, 0.15) is 68.2 Å². The maximum absolute atomic E-state index is 3.83. The predicted molar refractivity (Wildman–Crippen MR) is 76.9 cm³/mol. The summed E-state index contributed by atoms with van der Waals surface area (Å²) in [6.07, 6.45) is 10.9. The highest BCUT2D eigenvalue weighted by molar-refractivity contribution is 5.36. The molecule has 3 rings (SSSR count). The van der Waals surface area contributed by atoms with E-state index in [0.717, 1.165) is 6.04 Å². The topological polar surface area (TPSA) is 12.0 Å². The summed E-state index contributed by atoms with van der Waals surface area (Å²) in [7, 11) is 0. The third-order valence-electron chi connectivity index (χ3n) is 4.71. The molecule has 1 aromatic rings. The van der Waals surface area contributed by atoms with E-state index >= 15 is 0 Å². The molecule has 1 atom stereocenters. The smallest absolute Gasteiger partial charge is 0.0294 e. The molecule has 1 heteroatoms. The zero-order valence-corrected chi connectivity index (χ0v) is 11.5. The van der Waals surface area contributed by atoms with E-state index in [1.807, 2.05) is 0 Å². The molecule has 0 saturated heterocycles. The Morgan fingerprint density at radius 2 is 1.78 bits per heavy atom. The minimum Gasteiger partial charge on any atom is -0.307 e. The van der Waals surface area contributed by atoms with Crippen molar-refractivity contribution < 1.29 is 0 Å². The van der Waals surface area contributed by atoms with Crippen molar-refractivity contribution in [2.24, 2.45) is 0 Å². The number of hydrogen-bond donors (Lipinski definition) is 1. The predicted octanol–water partition coefficient (Wildman–Crippen LogP) is 4.16. The molecule has 0 aliphatic heterocycles. The lowest BCUT2D eigenvalue weighted by Crippen LogP contribution is -2.33. The molecule has 0 spiro atoms. The average Bonchev–Trinajstić information content (AvgIpc) is 2.87. The van der Waals surface area contributed by atoms with Crippen molar-refractivity contribution in [1.82, 2.24) is 5.32 Å². The third-order valence-corrected chi connectivity index (χ3v) is 4.71. The van der Waals surface area contributed by atoms with E-state index in [0.29, 0.717) is 6.04 Å². The van der Waals surface area contributed by atoms with Crippen molar-refractivity contribution in [1.29, 1.82) is 0 Å². The second kappa shape index (κ2) is 5.44. The van der Waals surface area contributed by atoms with E-state index in [-0.39, 0.29) is 0 Å². The minimum absolute atomic E-state index is 0.513. The molecule has 1 saturated carbocycles. The quantitative estimate of drug-likeness (QED) is 0.840. The van der Waals surface area contributed by atoms with E-state index in [4.69, 9.17) is 0 Å². The van der Waals surface area contributed by atoms with E-state index in [1.165, 1.54) is 56.9 Å². The zero-order valence-electron chi connectivity index (χ0n) is 11.5. The van der Waals surface area contributed by atoms with Gasteiger partial charge in [0.25, 0.3) is 0 Å². The van der Waals surface area contributed by atoms with Gasteiger partial charge in [0, 0.05) is 12.1 Å². The van der Waals surface area contributed by atoms with Crippen LogP contribution >= 0.6 is 0 Å². The van der Waals surface area contributed by atoms with Gasteiger partial charge in [-0.3, -0.25) is 0 Å². The molecular formula is C17H25N. The second-order valence-corrected chi connectivity index (χ2v) is 6.10. The van der Waals surface area contributed by atoms with Crippen LogP contribution in [-0.4, -0.2) is 6.04 Å². The van der Waals surface area contributed by atoms with Crippen LogP contribution < -0.4 is 5.32 Å². The number of rotatable bonds is 3. The molecule has 18 heavy (non-hydrogen) atoms. The summed E-state index contributed by atoms with van der Waals surface area (Å²) >= 11 is 0. The van der Waals surface area contributed by atoms with Crippen LogP contribution in [0.15, 0.2) is 18.2 Å². The third kappa shape index (κ3) is 2.61. The number of nitrogens with one attached hydrogen (secondary N) is 1. The van der Waals surface area contributed by atoms with Crippen LogP contribution in [0, 0.1) is 0 Å². The van der Waals surface area contributed by atoms with Gasteiger partial charge in [0.05, 0.1) is 0 Å². The van der Waals surface area contributed by atoms with E-state index in [1.54, 1.807) is 11.1 Å². The summed E-state index contributed by atoms with van der Waals surface area (Å²) in [5.41, 5.74) is 4.68. The Morgan fingerprint density at radius 3 is 2.61 bits per heavy atom. The van der Waals surface area contributed by atoms with Gasteiger partial charge < -0.3 is 5.32 Å². The normalized spacial score (nSPS) is 21.8. The molecule has 98 valence electrons. The lowest BCUT2D eigenvalue weighted by atomic mass is 9.94. The fourth-order valence-electron chi connectivity index (χ4n) is 3.58. The highest BCUT2D eigenvalue weighted by Crippen LogP contribution is 2.26. The Hall–Kier alpha value is -0.820. The van der Waals surface area contributed by atoms with E-state index < -0.39 is 0 Å². The Labute approximate surface area is 111 Å². The monoisotopic (exact) mass is 243 g/mol. The molecule has 0 aromatic heterocycles. The summed E-state index contributed by atoms with van der Waals surface area (Å²) in [5.74, 6) is 0. The number of benzene rings is 1. The lowest BCUT2D eigenvalue weighted by molar-refractivity contribution is 0.347. The molecule has 1 unspecified atom stereocenters. The molecule has 0 bridgehead atoms. The van der Waals surface area contributed by atoms with Crippen molar-refractivity contribution in [2.75, 3.05) is 0 Å². The standard InChI is InChI=1S/C17H25N/c1-13(18-17-8-3-2-4-9-17)15-11-10-14-6-5-7-16(14)12-15/h10-13,17-18H,2-9H2,1H3. The highest BCUT2D eigenvalue weighted by Gasteiger charge is 2.18. The van der Waals surface area contributed by atoms with Gasteiger partial charge in [-0.25, -0.2) is 0 Å². The van der Waals surface area contributed by atoms with Crippen molar-refractivity contribution in [3.8, 4) is 0 Å². The average molecular weight is 243 g/mol. The molecule has 1 N–H and O–H groups in total. The minimum atomic E-state index is 0.513. The first-order valence-electron chi connectivity index (χ1n) is 7.71. The van der Waals surface area contributed by atoms with Gasteiger partial charge in [-0.1, -0.05) is 37.5 Å². The number of hydrogen-bond acceptors (Lipinski definition) is 1. The first-order valence-corrected chi connectivity index (χ1v) is 7.71. The Morgan fingerprint density at radius 1 is 1.00 bits per heavy atom. The van der Waals surface area contributed by atoms with E-state index in [9.17, 15) is 0 Å². The molecule has 1 nitrogen and oxygen atoms in total. The largest absolute Gasteiger partial charge is 0.307 e. The van der Waals surface area contributed by atoms with Gasteiger partial charge in [-0.05, 0) is 55.7 Å². The SMILES string of the molecule is CC(NC1CCCCC1)c1ccc2c(c1)CCC2. The Kier molecular flexibility index (Phi) is 3.69. The maximum atomic E-state index is 3.83. The lowest BCUT2D eigenvalue weighted by Gasteiger charge is -2.27. The van der Waals surface area contributed by atoms with E-state index in [2.05, 4.69) is 30.4 Å². The van der Waals surface area contributed by atoms with Gasteiger partial charge in [-0.15, -0.1) is 0 Å². The van der Waals surface area contributed by atoms with Crippen molar-refractivity contribution >= 4 is 0 Å². The molecule has 0 radical (unpaired) electrons. The molecule has 0 heterocycles. The summed E-state index contributed by atoms with van der Waals surface area (Å²) in [5, 5.41) is 3.83. The van der Waals surface area contributed by atoms with Crippen LogP contribution in [0.25, 0.3) is 0 Å². The molecule has 1 fully saturated rings. The van der Waals surface area contributed by atoms with Crippen LogP contribution in [0.5, 0.6) is 0 Å². The first kappa shape index (κ1) is 12.2. The summed E-state index contributed by atoms with van der Waals surface area (Å²) in [4.78, 5) is 0. The molecule has 0 amide bonds.